The normalized spacial score (nSPS) is 20.2. The van der Waals surface area contributed by atoms with Gasteiger partial charge in [-0.25, -0.2) is 4.39 Å². The number of hydrogen-bond donors (Lipinski definition) is 1. The fourth-order valence-electron chi connectivity index (χ4n) is 4.52. The summed E-state index contributed by atoms with van der Waals surface area (Å²) in [5.41, 5.74) is 0.434. The van der Waals surface area contributed by atoms with Crippen molar-refractivity contribution in [3.8, 4) is 0 Å². The molecule has 3 amide bonds. The summed E-state index contributed by atoms with van der Waals surface area (Å²) in [6, 6.07) is 11.5. The second-order valence-corrected chi connectivity index (χ2v) is 8.31. The number of halogens is 1. The van der Waals surface area contributed by atoms with Gasteiger partial charge in [0.15, 0.2) is 0 Å². The molecule has 172 valence electrons. The predicted molar refractivity (Wildman–Crippen MR) is 117 cm³/mol. The molecule has 0 bridgehead atoms. The van der Waals surface area contributed by atoms with Gasteiger partial charge in [0.25, 0.3) is 5.91 Å². The van der Waals surface area contributed by atoms with Crippen molar-refractivity contribution in [1.29, 1.82) is 0 Å². The number of rotatable bonds is 6. The Hall–Kier alpha value is -3.75. The number of carbonyl (C=O) groups is 4. The first-order valence-corrected chi connectivity index (χ1v) is 10.6. The van der Waals surface area contributed by atoms with Crippen LogP contribution in [0.1, 0.15) is 48.1 Å². The summed E-state index contributed by atoms with van der Waals surface area (Å²) in [6.45, 7) is 1.46. The van der Waals surface area contributed by atoms with Crippen LogP contribution in [0.25, 0.3) is 0 Å². The highest BCUT2D eigenvalue weighted by atomic mass is 19.1. The Morgan fingerprint density at radius 2 is 1.85 bits per heavy atom. The highest BCUT2D eigenvalue weighted by Crippen LogP contribution is 2.43. The zero-order chi connectivity index (χ0) is 23.8. The van der Waals surface area contributed by atoms with E-state index in [1.165, 1.54) is 36.3 Å². The Balaban J connectivity index is 1.60. The molecule has 2 atom stereocenters. The monoisotopic (exact) mass is 453 g/mol. The van der Waals surface area contributed by atoms with Gasteiger partial charge in [-0.05, 0) is 43.2 Å². The Bertz CT molecular complexity index is 1120. The van der Waals surface area contributed by atoms with Crippen molar-refractivity contribution >= 4 is 29.4 Å². The molecule has 0 saturated carbocycles. The Kier molecular flexibility index (Phi) is 5.88. The number of anilines is 1. The van der Waals surface area contributed by atoms with Crippen molar-refractivity contribution in [1.82, 2.24) is 10.2 Å². The van der Waals surface area contributed by atoms with Gasteiger partial charge in [0, 0.05) is 6.42 Å². The molecule has 2 unspecified atom stereocenters. The van der Waals surface area contributed by atoms with E-state index in [2.05, 4.69) is 5.32 Å². The number of carbonyl (C=O) groups excluding carboxylic acids is 4. The van der Waals surface area contributed by atoms with E-state index in [4.69, 9.17) is 4.74 Å². The van der Waals surface area contributed by atoms with Gasteiger partial charge < -0.3 is 15.0 Å². The van der Waals surface area contributed by atoms with E-state index < -0.39 is 29.4 Å². The number of esters is 1. The van der Waals surface area contributed by atoms with Crippen LogP contribution in [0.4, 0.5) is 10.1 Å². The largest absolute Gasteiger partial charge is 0.469 e. The summed E-state index contributed by atoms with van der Waals surface area (Å²) in [5, 5.41) is 2.76. The van der Waals surface area contributed by atoms with Crippen molar-refractivity contribution in [2.24, 2.45) is 0 Å². The summed E-state index contributed by atoms with van der Waals surface area (Å²) in [6.07, 6.45) is 0.492. The minimum absolute atomic E-state index is 0.113. The van der Waals surface area contributed by atoms with Crippen LogP contribution >= 0.6 is 0 Å². The molecule has 8 nitrogen and oxygen atoms in total. The van der Waals surface area contributed by atoms with Crippen LogP contribution < -0.4 is 10.2 Å². The smallest absolute Gasteiger partial charge is 0.307 e. The number of para-hydroxylation sites is 1. The Morgan fingerprint density at radius 1 is 1.15 bits per heavy atom. The van der Waals surface area contributed by atoms with Crippen molar-refractivity contribution < 1.29 is 28.3 Å². The van der Waals surface area contributed by atoms with E-state index in [-0.39, 0.29) is 31.2 Å². The van der Waals surface area contributed by atoms with Crippen molar-refractivity contribution in [3.05, 3.63) is 65.5 Å². The van der Waals surface area contributed by atoms with E-state index in [9.17, 15) is 23.6 Å². The standard InChI is InChI=1S/C24H24FN3O5/c1-24-12-11-21(30)28(24)19-6-4-3-5-17(19)23(32)27(24)14-20(29)26-18(13-22(31)33-2)15-7-9-16(25)10-8-15/h3-10,18H,11-14H2,1-2H3,(H,26,29). The number of benzene rings is 2. The zero-order valence-corrected chi connectivity index (χ0v) is 18.3. The molecule has 2 aliphatic rings. The molecular formula is C24H24FN3O5. The van der Waals surface area contributed by atoms with Crippen molar-refractivity contribution in [2.45, 2.75) is 37.9 Å². The molecule has 2 heterocycles. The first-order valence-electron chi connectivity index (χ1n) is 10.6. The third-order valence-corrected chi connectivity index (χ3v) is 6.25. The highest BCUT2D eigenvalue weighted by Gasteiger charge is 2.53. The molecular weight excluding hydrogens is 429 g/mol. The van der Waals surface area contributed by atoms with E-state index >= 15 is 0 Å². The lowest BCUT2D eigenvalue weighted by molar-refractivity contribution is -0.141. The number of amides is 3. The molecule has 0 aromatic heterocycles. The third kappa shape index (κ3) is 4.06. The van der Waals surface area contributed by atoms with E-state index in [0.29, 0.717) is 23.2 Å². The second-order valence-electron chi connectivity index (χ2n) is 8.31. The minimum atomic E-state index is -0.979. The van der Waals surface area contributed by atoms with Crippen LogP contribution in [0.2, 0.25) is 0 Å². The molecule has 2 aromatic rings. The van der Waals surface area contributed by atoms with E-state index in [1.807, 2.05) is 0 Å². The average Bonchev–Trinajstić information content (AvgIpc) is 3.12. The van der Waals surface area contributed by atoms with Crippen LogP contribution in [0, 0.1) is 5.82 Å². The van der Waals surface area contributed by atoms with E-state index in [1.54, 1.807) is 36.1 Å². The molecule has 1 N–H and O–H groups in total. The summed E-state index contributed by atoms with van der Waals surface area (Å²) in [5.74, 6) is -1.97. The second kappa shape index (κ2) is 8.65. The molecule has 0 aliphatic carbocycles. The fourth-order valence-corrected chi connectivity index (χ4v) is 4.52. The van der Waals surface area contributed by atoms with E-state index in [0.717, 1.165) is 0 Å². The number of ether oxygens (including phenoxy) is 1. The van der Waals surface area contributed by atoms with Crippen LogP contribution in [-0.2, 0) is 19.1 Å². The minimum Gasteiger partial charge on any atom is -0.469 e. The number of nitrogens with one attached hydrogen (secondary N) is 1. The topological polar surface area (TPSA) is 96.0 Å². The van der Waals surface area contributed by atoms with Crippen LogP contribution in [0.5, 0.6) is 0 Å². The van der Waals surface area contributed by atoms with Gasteiger partial charge in [-0.2, -0.15) is 0 Å². The summed E-state index contributed by atoms with van der Waals surface area (Å²) >= 11 is 0. The number of methoxy groups -OCH3 is 1. The van der Waals surface area contributed by atoms with Crippen molar-refractivity contribution in [2.75, 3.05) is 18.6 Å². The third-order valence-electron chi connectivity index (χ3n) is 6.25. The quantitative estimate of drug-likeness (QED) is 0.679. The predicted octanol–water partition coefficient (Wildman–Crippen LogP) is 2.55. The molecule has 1 fully saturated rings. The van der Waals surface area contributed by atoms with Gasteiger partial charge in [-0.1, -0.05) is 24.3 Å². The molecule has 9 heteroatoms. The number of fused-ring (bicyclic) bond motifs is 3. The van der Waals surface area contributed by atoms with Crippen LogP contribution in [0.3, 0.4) is 0 Å². The van der Waals surface area contributed by atoms with Gasteiger partial charge in [0.2, 0.25) is 11.8 Å². The van der Waals surface area contributed by atoms with Gasteiger partial charge in [-0.15, -0.1) is 0 Å². The van der Waals surface area contributed by atoms with Gasteiger partial charge >= 0.3 is 5.97 Å². The lowest BCUT2D eigenvalue weighted by Gasteiger charge is -2.48. The summed E-state index contributed by atoms with van der Waals surface area (Å²) in [7, 11) is 1.24. The first kappa shape index (κ1) is 22.4. The summed E-state index contributed by atoms with van der Waals surface area (Å²) < 4.78 is 18.1. The molecule has 2 aromatic carbocycles. The lowest BCUT2D eigenvalue weighted by atomic mass is 9.98. The first-order chi connectivity index (χ1) is 15.7. The van der Waals surface area contributed by atoms with Gasteiger partial charge in [0.1, 0.15) is 18.0 Å². The maximum atomic E-state index is 13.4. The molecule has 0 radical (unpaired) electrons. The Labute approximate surface area is 190 Å². The zero-order valence-electron chi connectivity index (χ0n) is 18.3. The number of hydrogen-bond acceptors (Lipinski definition) is 5. The molecule has 1 saturated heterocycles. The lowest BCUT2D eigenvalue weighted by Crippen LogP contribution is -2.64. The SMILES string of the molecule is COC(=O)CC(NC(=O)CN1C(=O)c2ccccc2N2C(=O)CCC12C)c1ccc(F)cc1. The Morgan fingerprint density at radius 3 is 2.55 bits per heavy atom. The molecule has 0 spiro atoms. The van der Waals surface area contributed by atoms with Crippen LogP contribution in [-0.4, -0.2) is 47.9 Å². The maximum Gasteiger partial charge on any atom is 0.307 e. The molecule has 2 aliphatic heterocycles. The fraction of sp³-hybridized carbons (Fsp3) is 0.333. The van der Waals surface area contributed by atoms with Gasteiger partial charge in [0.05, 0.1) is 30.8 Å². The molecule has 33 heavy (non-hydrogen) atoms. The van der Waals surface area contributed by atoms with Gasteiger partial charge in [-0.3, -0.25) is 24.1 Å². The molecule has 4 rings (SSSR count). The van der Waals surface area contributed by atoms with Crippen molar-refractivity contribution in [3.63, 3.8) is 0 Å². The summed E-state index contributed by atoms with van der Waals surface area (Å²) in [4.78, 5) is 53.9. The van der Waals surface area contributed by atoms with Crippen LogP contribution in [0.15, 0.2) is 48.5 Å². The average molecular weight is 453 g/mol. The highest BCUT2D eigenvalue weighted by molar-refractivity contribution is 6.11. The number of nitrogens with zero attached hydrogens (tertiary/aromatic N) is 2. The maximum absolute atomic E-state index is 13.4.